The fraction of sp³-hybridized carbons (Fsp3) is 0.308. The van der Waals surface area contributed by atoms with Crippen LogP contribution < -0.4 is 10.2 Å². The van der Waals surface area contributed by atoms with Crippen LogP contribution in [0, 0.1) is 13.8 Å². The maximum atomic E-state index is 13.7. The summed E-state index contributed by atoms with van der Waals surface area (Å²) >= 11 is 0. The zero-order valence-corrected chi connectivity index (χ0v) is 19.0. The van der Waals surface area contributed by atoms with E-state index in [1.807, 2.05) is 69.2 Å². The first-order valence-corrected chi connectivity index (χ1v) is 10.7. The summed E-state index contributed by atoms with van der Waals surface area (Å²) in [6, 6.07) is 10.7. The Balaban J connectivity index is 1.91. The molecule has 0 saturated heterocycles. The molecule has 32 heavy (non-hydrogen) atoms. The van der Waals surface area contributed by atoms with Crippen molar-refractivity contribution in [3.63, 3.8) is 0 Å². The van der Waals surface area contributed by atoms with Crippen LogP contribution in [0.4, 0.5) is 0 Å². The van der Waals surface area contributed by atoms with Gasteiger partial charge in [-0.25, -0.2) is 0 Å². The predicted octanol–water partition coefficient (Wildman–Crippen LogP) is 4.08. The summed E-state index contributed by atoms with van der Waals surface area (Å²) in [5.74, 6) is 0.529. The van der Waals surface area contributed by atoms with Crippen LogP contribution in [-0.4, -0.2) is 49.5 Å². The van der Waals surface area contributed by atoms with Gasteiger partial charge in [0, 0.05) is 13.1 Å². The second-order valence-corrected chi connectivity index (χ2v) is 8.48. The Hall–Kier alpha value is -3.38. The third-order valence-electron chi connectivity index (χ3n) is 5.91. The monoisotopic (exact) mass is 432 g/mol. The number of benzene rings is 2. The summed E-state index contributed by atoms with van der Waals surface area (Å²) < 4.78 is 11.8. The molecule has 0 unspecified atom stereocenters. The summed E-state index contributed by atoms with van der Waals surface area (Å²) in [6.07, 6.45) is 1.68. The van der Waals surface area contributed by atoms with Crippen LogP contribution in [0.5, 0.6) is 5.75 Å². The zero-order valence-electron chi connectivity index (χ0n) is 19.0. The molecule has 3 aromatic rings. The number of likely N-dealkylation sites (N-methyl/N-ethyl adjacent to an activating group) is 1. The number of hydrogen-bond acceptors (Lipinski definition) is 5. The van der Waals surface area contributed by atoms with Crippen LogP contribution in [0.2, 0.25) is 0 Å². The number of carbonyl (C=O) groups excluding carboxylic acids is 1. The summed E-state index contributed by atoms with van der Waals surface area (Å²) in [7, 11) is 3.91. The van der Waals surface area contributed by atoms with Crippen LogP contribution in [0.25, 0.3) is 11.0 Å². The van der Waals surface area contributed by atoms with Gasteiger partial charge in [0.15, 0.2) is 5.43 Å². The topological polar surface area (TPSA) is 63.0 Å². The highest BCUT2D eigenvalue weighted by molar-refractivity contribution is 5.99. The Morgan fingerprint density at radius 2 is 1.91 bits per heavy atom. The summed E-state index contributed by atoms with van der Waals surface area (Å²) in [4.78, 5) is 30.8. The Morgan fingerprint density at radius 3 is 2.62 bits per heavy atom. The molecular weight excluding hydrogens is 404 g/mol. The maximum absolute atomic E-state index is 13.7. The third-order valence-corrected chi connectivity index (χ3v) is 5.91. The molecule has 4 rings (SSSR count). The Morgan fingerprint density at radius 1 is 1.16 bits per heavy atom. The molecule has 2 heterocycles. The molecule has 0 aliphatic carbocycles. The van der Waals surface area contributed by atoms with Crippen molar-refractivity contribution in [2.45, 2.75) is 19.9 Å². The highest BCUT2D eigenvalue weighted by Crippen LogP contribution is 2.39. The Kier molecular flexibility index (Phi) is 5.89. The van der Waals surface area contributed by atoms with Crippen molar-refractivity contribution >= 4 is 16.9 Å². The van der Waals surface area contributed by atoms with E-state index in [-0.39, 0.29) is 17.1 Å². The Bertz CT molecular complexity index is 1260. The molecule has 0 fully saturated rings. The highest BCUT2D eigenvalue weighted by atomic mass is 16.5. The largest absolute Gasteiger partial charge is 0.490 e. The molecule has 0 radical (unpaired) electrons. The minimum absolute atomic E-state index is 0.131. The number of carbonyl (C=O) groups is 1. The molecule has 1 aromatic heterocycles. The zero-order chi connectivity index (χ0) is 23.0. The van der Waals surface area contributed by atoms with Crippen LogP contribution in [-0.2, 0) is 0 Å². The van der Waals surface area contributed by atoms with E-state index in [9.17, 15) is 9.59 Å². The lowest BCUT2D eigenvalue weighted by atomic mass is 9.97. The minimum Gasteiger partial charge on any atom is -0.490 e. The van der Waals surface area contributed by atoms with Gasteiger partial charge in [0.25, 0.3) is 5.91 Å². The molecule has 0 saturated carbocycles. The van der Waals surface area contributed by atoms with Gasteiger partial charge in [-0.15, -0.1) is 0 Å². The van der Waals surface area contributed by atoms with E-state index >= 15 is 0 Å². The molecule has 166 valence electrons. The first kappa shape index (κ1) is 21.8. The van der Waals surface area contributed by atoms with Crippen LogP contribution in [0.15, 0.2) is 58.3 Å². The molecule has 0 bridgehead atoms. The van der Waals surface area contributed by atoms with Crippen molar-refractivity contribution in [3.05, 3.63) is 87.3 Å². The molecule has 0 N–H and O–H groups in total. The fourth-order valence-corrected chi connectivity index (χ4v) is 4.09. The van der Waals surface area contributed by atoms with Gasteiger partial charge in [0.1, 0.15) is 17.9 Å². The van der Waals surface area contributed by atoms with E-state index in [1.165, 1.54) is 0 Å². The van der Waals surface area contributed by atoms with Gasteiger partial charge in [0.05, 0.1) is 17.0 Å². The van der Waals surface area contributed by atoms with Crippen molar-refractivity contribution in [3.8, 4) is 5.75 Å². The number of nitrogens with zero attached hydrogens (tertiary/aromatic N) is 2. The van der Waals surface area contributed by atoms with Gasteiger partial charge in [-0.05, 0) is 68.9 Å². The highest BCUT2D eigenvalue weighted by Gasteiger charge is 2.42. The quantitative estimate of drug-likeness (QED) is 0.527. The molecule has 1 aliphatic heterocycles. The molecular formula is C26H28N2O4. The van der Waals surface area contributed by atoms with Gasteiger partial charge in [-0.3, -0.25) is 9.59 Å². The normalized spacial score (nSPS) is 15.5. The van der Waals surface area contributed by atoms with Crippen molar-refractivity contribution in [1.29, 1.82) is 0 Å². The number of fused-ring (bicyclic) bond motifs is 2. The molecule has 1 atom stereocenters. The average molecular weight is 433 g/mol. The van der Waals surface area contributed by atoms with Crippen LogP contribution >= 0.6 is 0 Å². The first-order chi connectivity index (χ1) is 15.3. The SMILES string of the molecule is C=CCOc1cccc([C@@H]2c3c(oc4cc(C)c(C)cc4c3=O)C(=O)N2CCN(C)C)c1. The fourth-order valence-electron chi connectivity index (χ4n) is 4.09. The second kappa shape index (κ2) is 8.63. The van der Waals surface area contributed by atoms with E-state index in [1.54, 1.807) is 11.0 Å². The molecule has 6 heteroatoms. The number of rotatable bonds is 7. The second-order valence-electron chi connectivity index (χ2n) is 8.48. The predicted molar refractivity (Wildman–Crippen MR) is 126 cm³/mol. The lowest BCUT2D eigenvalue weighted by Gasteiger charge is -2.26. The van der Waals surface area contributed by atoms with Gasteiger partial charge >= 0.3 is 0 Å². The van der Waals surface area contributed by atoms with Gasteiger partial charge in [0.2, 0.25) is 5.76 Å². The Labute approximate surface area is 187 Å². The van der Waals surface area contributed by atoms with Gasteiger partial charge < -0.3 is 19.0 Å². The summed E-state index contributed by atoms with van der Waals surface area (Å²) in [5, 5.41) is 0.498. The number of amides is 1. The van der Waals surface area contributed by atoms with E-state index in [0.29, 0.717) is 42.0 Å². The molecule has 1 aliphatic rings. The molecule has 1 amide bonds. The number of hydrogen-bond donors (Lipinski definition) is 0. The maximum Gasteiger partial charge on any atom is 0.290 e. The minimum atomic E-state index is -0.535. The van der Waals surface area contributed by atoms with Crippen molar-refractivity contribution in [2.24, 2.45) is 0 Å². The van der Waals surface area contributed by atoms with E-state index in [4.69, 9.17) is 9.15 Å². The van der Waals surface area contributed by atoms with Crippen LogP contribution in [0.1, 0.15) is 38.9 Å². The molecule has 2 aromatic carbocycles. The summed E-state index contributed by atoms with van der Waals surface area (Å²) in [5.41, 5.74) is 3.52. The smallest absolute Gasteiger partial charge is 0.290 e. The first-order valence-electron chi connectivity index (χ1n) is 10.7. The van der Waals surface area contributed by atoms with E-state index < -0.39 is 6.04 Å². The standard InChI is InChI=1S/C26H28N2O4/c1-6-12-31-19-9-7-8-18(15-19)23-22-24(29)20-13-16(2)17(3)14-21(20)32-25(22)26(30)28(23)11-10-27(4)5/h6-9,13-15,23H,1,10-12H2,2-5H3/t23-/m1/s1. The van der Waals surface area contributed by atoms with E-state index in [2.05, 4.69) is 6.58 Å². The summed E-state index contributed by atoms with van der Waals surface area (Å²) in [6.45, 7) is 9.12. The number of aryl methyl sites for hydroxylation is 2. The lowest BCUT2D eigenvalue weighted by Crippen LogP contribution is -2.35. The van der Waals surface area contributed by atoms with Crippen molar-refractivity contribution < 1.29 is 13.9 Å². The van der Waals surface area contributed by atoms with E-state index in [0.717, 1.165) is 16.7 Å². The van der Waals surface area contributed by atoms with Crippen molar-refractivity contribution in [2.75, 3.05) is 33.8 Å². The lowest BCUT2D eigenvalue weighted by molar-refractivity contribution is 0.0716. The third kappa shape index (κ3) is 3.82. The van der Waals surface area contributed by atoms with Crippen molar-refractivity contribution in [1.82, 2.24) is 9.80 Å². The van der Waals surface area contributed by atoms with Crippen LogP contribution in [0.3, 0.4) is 0 Å². The number of ether oxygens (including phenoxy) is 1. The molecule has 6 nitrogen and oxygen atoms in total. The molecule has 0 spiro atoms. The van der Waals surface area contributed by atoms with Gasteiger partial charge in [-0.1, -0.05) is 24.8 Å². The van der Waals surface area contributed by atoms with Gasteiger partial charge in [-0.2, -0.15) is 0 Å². The average Bonchev–Trinajstić information content (AvgIpc) is 3.04.